The highest BCUT2D eigenvalue weighted by atomic mass is 16.5. The Morgan fingerprint density at radius 2 is 1.96 bits per heavy atom. The SMILES string of the molecule is CC(=O)Nc1cccc(NC(=O)c2cncc(NCC3CCCO3)c2)c1. The molecule has 1 aliphatic rings. The molecule has 0 bridgehead atoms. The van der Waals surface area contributed by atoms with Crippen LogP contribution in [0.25, 0.3) is 0 Å². The number of ether oxygens (including phenoxy) is 1. The van der Waals surface area contributed by atoms with Gasteiger partial charge in [-0.05, 0) is 37.1 Å². The molecular formula is C19H22N4O3. The van der Waals surface area contributed by atoms with Crippen molar-refractivity contribution in [3.8, 4) is 0 Å². The predicted molar refractivity (Wildman–Crippen MR) is 100 cm³/mol. The molecule has 0 radical (unpaired) electrons. The first kappa shape index (κ1) is 17.9. The zero-order valence-electron chi connectivity index (χ0n) is 14.6. The Labute approximate surface area is 152 Å². The first-order valence-corrected chi connectivity index (χ1v) is 8.60. The van der Waals surface area contributed by atoms with Crippen molar-refractivity contribution in [2.24, 2.45) is 0 Å². The van der Waals surface area contributed by atoms with Crippen molar-refractivity contribution < 1.29 is 14.3 Å². The fraction of sp³-hybridized carbons (Fsp3) is 0.316. The van der Waals surface area contributed by atoms with Gasteiger partial charge in [0, 0.05) is 43.8 Å². The molecule has 2 heterocycles. The summed E-state index contributed by atoms with van der Waals surface area (Å²) in [5, 5.41) is 8.76. The molecule has 0 spiro atoms. The number of carbonyl (C=O) groups is 2. The van der Waals surface area contributed by atoms with Gasteiger partial charge in [0.2, 0.25) is 5.91 Å². The van der Waals surface area contributed by atoms with E-state index in [2.05, 4.69) is 20.9 Å². The average molecular weight is 354 g/mol. The predicted octanol–water partition coefficient (Wildman–Crippen LogP) is 2.88. The fourth-order valence-electron chi connectivity index (χ4n) is 2.78. The van der Waals surface area contributed by atoms with Crippen molar-refractivity contribution in [2.45, 2.75) is 25.9 Å². The van der Waals surface area contributed by atoms with Crippen molar-refractivity contribution in [1.29, 1.82) is 0 Å². The molecule has 3 N–H and O–H groups in total. The number of nitrogens with zero attached hydrogens (tertiary/aromatic N) is 1. The van der Waals surface area contributed by atoms with Gasteiger partial charge >= 0.3 is 0 Å². The number of rotatable bonds is 6. The van der Waals surface area contributed by atoms with Gasteiger partial charge in [-0.25, -0.2) is 0 Å². The number of nitrogens with one attached hydrogen (secondary N) is 3. The van der Waals surface area contributed by atoms with Crippen LogP contribution in [0.2, 0.25) is 0 Å². The normalized spacial score (nSPS) is 16.1. The van der Waals surface area contributed by atoms with Crippen LogP contribution in [-0.2, 0) is 9.53 Å². The second-order valence-electron chi connectivity index (χ2n) is 6.19. The number of hydrogen-bond donors (Lipinski definition) is 3. The molecule has 136 valence electrons. The van der Waals surface area contributed by atoms with Gasteiger partial charge in [0.05, 0.1) is 17.4 Å². The monoisotopic (exact) mass is 354 g/mol. The van der Waals surface area contributed by atoms with Crippen molar-refractivity contribution in [3.05, 3.63) is 48.3 Å². The maximum atomic E-state index is 12.5. The lowest BCUT2D eigenvalue weighted by Gasteiger charge is -2.12. The Kier molecular flexibility index (Phi) is 5.80. The highest BCUT2D eigenvalue weighted by Crippen LogP contribution is 2.18. The van der Waals surface area contributed by atoms with Gasteiger partial charge in [-0.1, -0.05) is 6.07 Å². The van der Waals surface area contributed by atoms with Gasteiger partial charge in [0.15, 0.2) is 0 Å². The van der Waals surface area contributed by atoms with Crippen LogP contribution in [0.15, 0.2) is 42.7 Å². The third-order valence-corrected chi connectivity index (χ3v) is 4.00. The summed E-state index contributed by atoms with van der Waals surface area (Å²) in [6.45, 7) is 2.95. The minimum Gasteiger partial charge on any atom is -0.381 e. The van der Waals surface area contributed by atoms with Crippen LogP contribution >= 0.6 is 0 Å². The van der Waals surface area contributed by atoms with E-state index < -0.39 is 0 Å². The molecule has 1 atom stereocenters. The second kappa shape index (κ2) is 8.44. The summed E-state index contributed by atoms with van der Waals surface area (Å²) in [5.41, 5.74) is 2.45. The fourth-order valence-corrected chi connectivity index (χ4v) is 2.78. The number of carbonyl (C=O) groups excluding carboxylic acids is 2. The van der Waals surface area contributed by atoms with Crippen LogP contribution in [0.3, 0.4) is 0 Å². The number of aromatic nitrogens is 1. The molecule has 26 heavy (non-hydrogen) atoms. The lowest BCUT2D eigenvalue weighted by molar-refractivity contribution is -0.114. The highest BCUT2D eigenvalue weighted by Gasteiger charge is 2.15. The van der Waals surface area contributed by atoms with Gasteiger partial charge in [-0.3, -0.25) is 14.6 Å². The molecule has 1 unspecified atom stereocenters. The van der Waals surface area contributed by atoms with Crippen molar-refractivity contribution in [2.75, 3.05) is 29.1 Å². The lowest BCUT2D eigenvalue weighted by Crippen LogP contribution is -2.19. The smallest absolute Gasteiger partial charge is 0.257 e. The van der Waals surface area contributed by atoms with Gasteiger partial charge in [0.25, 0.3) is 5.91 Å². The number of anilines is 3. The van der Waals surface area contributed by atoms with E-state index in [1.165, 1.54) is 13.1 Å². The van der Waals surface area contributed by atoms with Crippen LogP contribution < -0.4 is 16.0 Å². The number of benzene rings is 1. The van der Waals surface area contributed by atoms with Gasteiger partial charge in [-0.15, -0.1) is 0 Å². The van der Waals surface area contributed by atoms with Gasteiger partial charge in [-0.2, -0.15) is 0 Å². The third-order valence-electron chi connectivity index (χ3n) is 4.00. The molecule has 1 aromatic carbocycles. The summed E-state index contributed by atoms with van der Waals surface area (Å²) in [6.07, 6.45) is 5.55. The summed E-state index contributed by atoms with van der Waals surface area (Å²) >= 11 is 0. The van der Waals surface area contributed by atoms with E-state index in [0.29, 0.717) is 23.5 Å². The second-order valence-corrected chi connectivity index (χ2v) is 6.19. The van der Waals surface area contributed by atoms with Gasteiger partial charge in [0.1, 0.15) is 0 Å². The molecular weight excluding hydrogens is 332 g/mol. The van der Waals surface area contributed by atoms with E-state index >= 15 is 0 Å². The molecule has 2 aromatic rings. The minimum atomic E-state index is -0.266. The number of pyridine rings is 1. The number of hydrogen-bond acceptors (Lipinski definition) is 5. The zero-order chi connectivity index (χ0) is 18.4. The molecule has 7 nitrogen and oxygen atoms in total. The largest absolute Gasteiger partial charge is 0.381 e. The molecule has 1 aromatic heterocycles. The van der Waals surface area contributed by atoms with E-state index in [1.54, 1.807) is 36.5 Å². The molecule has 0 saturated carbocycles. The van der Waals surface area contributed by atoms with Crippen LogP contribution in [0.5, 0.6) is 0 Å². The highest BCUT2D eigenvalue weighted by molar-refractivity contribution is 6.05. The van der Waals surface area contributed by atoms with E-state index in [0.717, 1.165) is 25.1 Å². The minimum absolute atomic E-state index is 0.164. The van der Waals surface area contributed by atoms with E-state index in [1.807, 2.05) is 0 Å². The standard InChI is InChI=1S/C19H22N4O3/c1-13(24)22-15-4-2-5-16(9-15)23-19(25)14-8-17(11-20-10-14)21-12-18-6-3-7-26-18/h2,4-5,8-11,18,21H,3,6-7,12H2,1H3,(H,22,24)(H,23,25). The van der Waals surface area contributed by atoms with Crippen LogP contribution in [0.4, 0.5) is 17.1 Å². The first-order valence-electron chi connectivity index (χ1n) is 8.60. The van der Waals surface area contributed by atoms with E-state index in [4.69, 9.17) is 4.74 Å². The Morgan fingerprint density at radius 3 is 2.69 bits per heavy atom. The maximum absolute atomic E-state index is 12.5. The summed E-state index contributed by atoms with van der Waals surface area (Å²) in [5.74, 6) is -0.430. The summed E-state index contributed by atoms with van der Waals surface area (Å²) in [7, 11) is 0. The third kappa shape index (κ3) is 5.03. The Hall–Kier alpha value is -2.93. The molecule has 0 aliphatic carbocycles. The zero-order valence-corrected chi connectivity index (χ0v) is 14.6. The number of amides is 2. The van der Waals surface area contributed by atoms with Crippen LogP contribution in [0.1, 0.15) is 30.1 Å². The average Bonchev–Trinajstić information content (AvgIpc) is 3.13. The molecule has 1 aliphatic heterocycles. The first-order chi connectivity index (χ1) is 12.6. The molecule has 3 rings (SSSR count). The Morgan fingerprint density at radius 1 is 1.15 bits per heavy atom. The molecule has 7 heteroatoms. The summed E-state index contributed by atoms with van der Waals surface area (Å²) < 4.78 is 5.58. The molecule has 1 fully saturated rings. The van der Waals surface area contributed by atoms with E-state index in [9.17, 15) is 9.59 Å². The summed E-state index contributed by atoms with van der Waals surface area (Å²) in [4.78, 5) is 27.7. The quantitative estimate of drug-likeness (QED) is 0.742. The Balaban J connectivity index is 1.62. The summed E-state index contributed by atoms with van der Waals surface area (Å²) in [6, 6.07) is 8.74. The van der Waals surface area contributed by atoms with Gasteiger partial charge < -0.3 is 20.7 Å². The van der Waals surface area contributed by atoms with Crippen LogP contribution in [-0.4, -0.2) is 36.1 Å². The van der Waals surface area contributed by atoms with E-state index in [-0.39, 0.29) is 17.9 Å². The lowest BCUT2D eigenvalue weighted by atomic mass is 10.2. The Bertz CT molecular complexity index is 788. The topological polar surface area (TPSA) is 92.4 Å². The van der Waals surface area contributed by atoms with Crippen LogP contribution in [0, 0.1) is 0 Å². The molecule has 1 saturated heterocycles. The maximum Gasteiger partial charge on any atom is 0.257 e. The van der Waals surface area contributed by atoms with Crippen molar-refractivity contribution in [3.63, 3.8) is 0 Å². The molecule has 2 amide bonds. The van der Waals surface area contributed by atoms with Crippen molar-refractivity contribution in [1.82, 2.24) is 4.98 Å². The van der Waals surface area contributed by atoms with Crippen molar-refractivity contribution >= 4 is 28.9 Å².